The summed E-state index contributed by atoms with van der Waals surface area (Å²) in [5.74, 6) is -0.198. The lowest BCUT2D eigenvalue weighted by Gasteiger charge is -2.05. The number of aromatic nitrogens is 5. The molecule has 0 radical (unpaired) electrons. The Bertz CT molecular complexity index is 1600. The summed E-state index contributed by atoms with van der Waals surface area (Å²) in [5.41, 5.74) is 5.72. The highest BCUT2D eigenvalue weighted by Crippen LogP contribution is 2.20. The number of aryl methyl sites for hydroxylation is 2. The second kappa shape index (κ2) is 12.9. The Hall–Kier alpha value is -4.64. The number of hydrogen-bond acceptors (Lipinski definition) is 7. The summed E-state index contributed by atoms with van der Waals surface area (Å²) >= 11 is 1.38. The van der Waals surface area contributed by atoms with Crippen molar-refractivity contribution in [3.8, 4) is 0 Å². The summed E-state index contributed by atoms with van der Waals surface area (Å²) in [6, 6.07) is 21.8. The predicted molar refractivity (Wildman–Crippen MR) is 153 cm³/mol. The van der Waals surface area contributed by atoms with Crippen molar-refractivity contribution < 1.29 is 14.7 Å². The van der Waals surface area contributed by atoms with E-state index in [-0.39, 0.29) is 18.9 Å². The number of nitrogens with zero attached hydrogens (tertiary/aromatic N) is 4. The average Bonchev–Trinajstić information content (AvgIpc) is 3.56. The minimum atomic E-state index is -1.09. The van der Waals surface area contributed by atoms with E-state index in [2.05, 4.69) is 60.3 Å². The Balaban J connectivity index is 1.06. The molecule has 0 aliphatic heterocycles. The molecule has 10 nitrogen and oxygen atoms in total. The van der Waals surface area contributed by atoms with Crippen molar-refractivity contribution in [1.82, 2.24) is 30.7 Å². The predicted octanol–water partition coefficient (Wildman–Crippen LogP) is 4.91. The first-order valence-electron chi connectivity index (χ1n) is 13.0. The van der Waals surface area contributed by atoms with E-state index in [0.717, 1.165) is 70.7 Å². The minimum Gasteiger partial charge on any atom is -0.465 e. The number of carboxylic acid groups (broad SMARTS) is 1. The number of fused-ring (bicyclic) bond motifs is 1. The summed E-state index contributed by atoms with van der Waals surface area (Å²) in [4.78, 5) is 26.5. The molecule has 204 valence electrons. The van der Waals surface area contributed by atoms with Crippen LogP contribution in [0.2, 0.25) is 0 Å². The second-order valence-corrected chi connectivity index (χ2v) is 10.6. The third-order valence-corrected chi connectivity index (χ3v) is 7.21. The number of aromatic amines is 1. The number of carbonyl (C=O) groups excluding carboxylic acids is 1. The first-order chi connectivity index (χ1) is 19.5. The Morgan fingerprint density at radius 1 is 0.850 bits per heavy atom. The van der Waals surface area contributed by atoms with Crippen molar-refractivity contribution in [2.24, 2.45) is 0 Å². The topological polar surface area (TPSA) is 146 Å². The molecule has 5 aromatic rings. The van der Waals surface area contributed by atoms with Gasteiger partial charge in [0.1, 0.15) is 5.01 Å². The van der Waals surface area contributed by atoms with E-state index in [1.54, 1.807) is 6.07 Å². The summed E-state index contributed by atoms with van der Waals surface area (Å²) in [6.07, 6.45) is 3.36. The van der Waals surface area contributed by atoms with E-state index >= 15 is 0 Å². The highest BCUT2D eigenvalue weighted by Gasteiger charge is 2.11. The zero-order chi connectivity index (χ0) is 27.7. The third-order valence-electron chi connectivity index (χ3n) is 6.31. The highest BCUT2D eigenvalue weighted by atomic mass is 32.1. The van der Waals surface area contributed by atoms with Crippen LogP contribution in [0.5, 0.6) is 0 Å². The number of amides is 2. The van der Waals surface area contributed by atoms with Crippen molar-refractivity contribution >= 4 is 39.5 Å². The van der Waals surface area contributed by atoms with Crippen LogP contribution < -0.4 is 10.6 Å². The van der Waals surface area contributed by atoms with Gasteiger partial charge in [0.25, 0.3) is 0 Å². The fourth-order valence-electron chi connectivity index (χ4n) is 4.43. The number of rotatable bonds is 12. The van der Waals surface area contributed by atoms with Gasteiger partial charge < -0.3 is 20.7 Å². The zero-order valence-electron chi connectivity index (χ0n) is 21.8. The van der Waals surface area contributed by atoms with Gasteiger partial charge in [-0.3, -0.25) is 4.79 Å². The Labute approximate surface area is 234 Å². The van der Waals surface area contributed by atoms with Gasteiger partial charge in [0, 0.05) is 30.5 Å². The number of anilines is 1. The van der Waals surface area contributed by atoms with Gasteiger partial charge in [-0.15, -0.1) is 15.3 Å². The maximum absolute atomic E-state index is 12.5. The molecule has 0 spiro atoms. The average molecular weight is 556 g/mol. The summed E-state index contributed by atoms with van der Waals surface area (Å²) in [7, 11) is 0. The van der Waals surface area contributed by atoms with E-state index in [1.807, 2.05) is 36.4 Å². The van der Waals surface area contributed by atoms with Gasteiger partial charge in [0.2, 0.25) is 11.0 Å². The molecule has 0 saturated heterocycles. The first-order valence-corrected chi connectivity index (χ1v) is 13.9. The lowest BCUT2D eigenvalue weighted by molar-refractivity contribution is -0.115. The van der Waals surface area contributed by atoms with E-state index in [1.165, 1.54) is 16.9 Å². The van der Waals surface area contributed by atoms with Crippen LogP contribution in [-0.2, 0) is 37.0 Å². The van der Waals surface area contributed by atoms with Crippen molar-refractivity contribution in [3.05, 3.63) is 99.8 Å². The van der Waals surface area contributed by atoms with Gasteiger partial charge in [-0.2, -0.15) is 5.10 Å². The van der Waals surface area contributed by atoms with Gasteiger partial charge in [-0.25, -0.2) is 4.79 Å². The molecule has 0 unspecified atom stereocenters. The van der Waals surface area contributed by atoms with Crippen LogP contribution in [0, 0.1) is 0 Å². The van der Waals surface area contributed by atoms with Crippen molar-refractivity contribution in [1.29, 1.82) is 0 Å². The van der Waals surface area contributed by atoms with Crippen LogP contribution in [-0.4, -0.2) is 42.5 Å². The van der Waals surface area contributed by atoms with Gasteiger partial charge in [0.05, 0.1) is 12.1 Å². The van der Waals surface area contributed by atoms with Crippen molar-refractivity contribution in [3.63, 3.8) is 0 Å². The normalized spacial score (nSPS) is 11.0. The molecule has 0 bridgehead atoms. The highest BCUT2D eigenvalue weighted by molar-refractivity contribution is 7.15. The second-order valence-electron chi connectivity index (χ2n) is 9.51. The molecule has 2 aromatic carbocycles. The SMILES string of the molecule is O=C(O)NCc1cccc(CC(=O)Nc2nnc(CCCCc3cc4cc(Cc5ccccc5)[nH]c4nn3)s2)c1. The van der Waals surface area contributed by atoms with Gasteiger partial charge in [-0.1, -0.05) is 65.9 Å². The quantitative estimate of drug-likeness (QED) is 0.160. The molecule has 0 aliphatic rings. The standard InChI is InChI=1S/C29H29N7O3S/c37-25(15-20-9-6-10-21(13-20)18-30-29(38)39)32-28-36-34-26(40-28)12-5-4-11-23-16-22-17-24(31-27(22)35-33-23)14-19-7-2-1-3-8-19/h1-3,6-10,13,16-17,30H,4-5,11-12,14-15,18H2,(H,31,35)(H,38,39)(H,32,36,37). The van der Waals surface area contributed by atoms with E-state index < -0.39 is 6.09 Å². The number of nitrogens with one attached hydrogen (secondary N) is 3. The number of H-pyrrole nitrogens is 1. The Morgan fingerprint density at radius 2 is 1.65 bits per heavy atom. The lowest BCUT2D eigenvalue weighted by Crippen LogP contribution is -2.20. The molecule has 5 rings (SSSR count). The monoisotopic (exact) mass is 555 g/mol. The molecule has 4 N–H and O–H groups in total. The van der Waals surface area contributed by atoms with Crippen LogP contribution in [0.25, 0.3) is 11.0 Å². The molecular formula is C29H29N7O3S. The Kier molecular flexibility index (Phi) is 8.72. The van der Waals surface area contributed by atoms with Crippen LogP contribution in [0.4, 0.5) is 9.93 Å². The van der Waals surface area contributed by atoms with Crippen LogP contribution in [0.1, 0.15) is 45.9 Å². The molecule has 3 heterocycles. The minimum absolute atomic E-state index is 0.163. The number of benzene rings is 2. The van der Waals surface area contributed by atoms with Crippen LogP contribution in [0.3, 0.4) is 0 Å². The number of hydrogen-bond donors (Lipinski definition) is 4. The van der Waals surface area contributed by atoms with Gasteiger partial charge in [0.15, 0.2) is 5.65 Å². The molecule has 0 aliphatic carbocycles. The van der Waals surface area contributed by atoms with Gasteiger partial charge >= 0.3 is 6.09 Å². The molecule has 2 amide bonds. The third kappa shape index (κ3) is 7.70. The molecule has 0 fully saturated rings. The van der Waals surface area contributed by atoms with Crippen LogP contribution in [0.15, 0.2) is 66.7 Å². The largest absolute Gasteiger partial charge is 0.465 e. The molecule has 40 heavy (non-hydrogen) atoms. The summed E-state index contributed by atoms with van der Waals surface area (Å²) < 4.78 is 0. The lowest BCUT2D eigenvalue weighted by atomic mass is 10.1. The molecule has 0 saturated carbocycles. The van der Waals surface area contributed by atoms with Crippen molar-refractivity contribution in [2.45, 2.75) is 45.1 Å². The molecule has 11 heteroatoms. The zero-order valence-corrected chi connectivity index (χ0v) is 22.6. The number of unbranched alkanes of at least 4 members (excludes halogenated alkanes) is 1. The van der Waals surface area contributed by atoms with Gasteiger partial charge in [-0.05, 0) is 48.1 Å². The maximum atomic E-state index is 12.5. The van der Waals surface area contributed by atoms with E-state index in [0.29, 0.717) is 5.13 Å². The fraction of sp³-hybridized carbons (Fsp3) is 0.241. The van der Waals surface area contributed by atoms with E-state index in [4.69, 9.17) is 5.11 Å². The summed E-state index contributed by atoms with van der Waals surface area (Å²) in [5, 5.41) is 33.4. The Morgan fingerprint density at radius 3 is 2.50 bits per heavy atom. The van der Waals surface area contributed by atoms with E-state index in [9.17, 15) is 9.59 Å². The first kappa shape index (κ1) is 26.9. The van der Waals surface area contributed by atoms with Crippen molar-refractivity contribution in [2.75, 3.05) is 5.32 Å². The fourth-order valence-corrected chi connectivity index (χ4v) is 5.23. The number of carbonyl (C=O) groups is 2. The van der Waals surface area contributed by atoms with Crippen LogP contribution >= 0.6 is 11.3 Å². The molecule has 3 aromatic heterocycles. The smallest absolute Gasteiger partial charge is 0.404 e. The maximum Gasteiger partial charge on any atom is 0.404 e. The summed E-state index contributed by atoms with van der Waals surface area (Å²) in [6.45, 7) is 0.188. The molecular weight excluding hydrogens is 526 g/mol. The molecule has 0 atom stereocenters.